The van der Waals surface area contributed by atoms with E-state index in [1.807, 2.05) is 18.2 Å². The molecule has 0 saturated heterocycles. The molecule has 1 aliphatic carbocycles. The molecule has 0 heterocycles. The van der Waals surface area contributed by atoms with Crippen LogP contribution in [-0.4, -0.2) is 11.6 Å². The number of rotatable bonds is 2. The second kappa shape index (κ2) is 6.08. The number of nitrogens with zero attached hydrogens (tertiary/aromatic N) is 1. The molecule has 1 atom stereocenters. The molecule has 0 aliphatic heterocycles. The molecule has 1 saturated carbocycles. The van der Waals surface area contributed by atoms with Gasteiger partial charge in [0.15, 0.2) is 0 Å². The van der Waals surface area contributed by atoms with Crippen molar-refractivity contribution < 1.29 is 4.79 Å². The molecular formula is C16H21BrN2O. The third kappa shape index (κ3) is 3.92. The van der Waals surface area contributed by atoms with E-state index in [1.165, 1.54) is 6.42 Å². The lowest BCUT2D eigenvalue weighted by Crippen LogP contribution is -2.30. The molecule has 0 aromatic heterocycles. The van der Waals surface area contributed by atoms with Crippen LogP contribution in [0.1, 0.15) is 50.4 Å². The molecular weight excluding hydrogens is 316 g/mol. The lowest BCUT2D eigenvalue weighted by atomic mass is 9.72. The molecule has 4 heteroatoms. The highest BCUT2D eigenvalue weighted by atomic mass is 79.9. The van der Waals surface area contributed by atoms with Crippen LogP contribution in [0.4, 0.5) is 0 Å². The van der Waals surface area contributed by atoms with Gasteiger partial charge in [-0.3, -0.25) is 4.79 Å². The number of nitrogens with one attached hydrogen (secondary N) is 1. The smallest absolute Gasteiger partial charge is 0.267 e. The minimum Gasteiger partial charge on any atom is -0.267 e. The van der Waals surface area contributed by atoms with Crippen molar-refractivity contribution in [2.75, 3.05) is 0 Å². The molecule has 0 bridgehead atoms. The van der Waals surface area contributed by atoms with Gasteiger partial charge >= 0.3 is 0 Å². The Kier molecular flexibility index (Phi) is 4.63. The van der Waals surface area contributed by atoms with Gasteiger partial charge < -0.3 is 0 Å². The first-order valence-electron chi connectivity index (χ1n) is 6.98. The zero-order chi connectivity index (χ0) is 14.8. The van der Waals surface area contributed by atoms with Gasteiger partial charge in [-0.1, -0.05) is 32.9 Å². The first-order valence-corrected chi connectivity index (χ1v) is 7.77. The molecule has 20 heavy (non-hydrogen) atoms. The Hall–Kier alpha value is -1.16. The van der Waals surface area contributed by atoms with Gasteiger partial charge in [-0.25, -0.2) is 5.43 Å². The second-order valence-electron chi connectivity index (χ2n) is 6.45. The van der Waals surface area contributed by atoms with Crippen LogP contribution in [0.15, 0.2) is 33.8 Å². The largest absolute Gasteiger partial charge is 0.272 e. The highest BCUT2D eigenvalue weighted by Crippen LogP contribution is 2.36. The van der Waals surface area contributed by atoms with Crippen LogP contribution in [-0.2, 0) is 0 Å². The number of amides is 1. The molecule has 1 aromatic carbocycles. The maximum absolute atomic E-state index is 12.1. The summed E-state index contributed by atoms with van der Waals surface area (Å²) in [6, 6.07) is 7.37. The van der Waals surface area contributed by atoms with E-state index in [9.17, 15) is 4.79 Å². The number of carbonyl (C=O) groups excluding carboxylic acids is 1. The van der Waals surface area contributed by atoms with Gasteiger partial charge in [0.2, 0.25) is 0 Å². The summed E-state index contributed by atoms with van der Waals surface area (Å²) in [4.78, 5) is 12.1. The number of halogens is 1. The van der Waals surface area contributed by atoms with Gasteiger partial charge in [0.25, 0.3) is 5.91 Å². The van der Waals surface area contributed by atoms with Crippen LogP contribution in [0, 0.1) is 11.3 Å². The SMILES string of the molecule is CC1C/C(=N\NC(=O)c2ccccc2Br)CC(C)(C)C1. The second-order valence-corrected chi connectivity index (χ2v) is 7.31. The standard InChI is InChI=1S/C16H21BrN2O/c1-11-8-12(10-16(2,3)9-11)18-19-15(20)13-6-4-5-7-14(13)17/h4-7,11H,8-10H2,1-3H3,(H,19,20)/b18-12+. The number of benzene rings is 1. The van der Waals surface area contributed by atoms with Crippen molar-refractivity contribution in [3.63, 3.8) is 0 Å². The van der Waals surface area contributed by atoms with Crippen molar-refractivity contribution >= 4 is 27.5 Å². The highest BCUT2D eigenvalue weighted by molar-refractivity contribution is 9.10. The third-order valence-electron chi connectivity index (χ3n) is 3.60. The van der Waals surface area contributed by atoms with E-state index in [2.05, 4.69) is 47.2 Å². The first kappa shape index (κ1) is 15.2. The number of hydrogen-bond donors (Lipinski definition) is 1. The fraction of sp³-hybridized carbons (Fsp3) is 0.500. The summed E-state index contributed by atoms with van der Waals surface area (Å²) in [5, 5.41) is 4.34. The van der Waals surface area contributed by atoms with Crippen molar-refractivity contribution in [2.45, 2.75) is 40.0 Å². The summed E-state index contributed by atoms with van der Waals surface area (Å²) in [6.45, 7) is 6.76. The lowest BCUT2D eigenvalue weighted by molar-refractivity contribution is 0.0953. The Labute approximate surface area is 129 Å². The van der Waals surface area contributed by atoms with Gasteiger partial charge in [-0.05, 0) is 58.7 Å². The van der Waals surface area contributed by atoms with Crippen LogP contribution in [0.25, 0.3) is 0 Å². The number of hydrazone groups is 1. The first-order chi connectivity index (χ1) is 9.37. The molecule has 1 fully saturated rings. The van der Waals surface area contributed by atoms with Gasteiger partial charge in [0.1, 0.15) is 0 Å². The van der Waals surface area contributed by atoms with Gasteiger partial charge in [0, 0.05) is 10.2 Å². The van der Waals surface area contributed by atoms with Crippen LogP contribution in [0.2, 0.25) is 0 Å². The molecule has 1 unspecified atom stereocenters. The number of hydrogen-bond acceptors (Lipinski definition) is 2. The predicted molar refractivity (Wildman–Crippen MR) is 85.8 cm³/mol. The molecule has 1 aliphatic rings. The minimum absolute atomic E-state index is 0.166. The molecule has 108 valence electrons. The zero-order valence-corrected chi connectivity index (χ0v) is 13.8. The molecule has 1 amide bonds. The van der Waals surface area contributed by atoms with Crippen LogP contribution < -0.4 is 5.43 Å². The van der Waals surface area contributed by atoms with Crippen molar-refractivity contribution in [3.8, 4) is 0 Å². The van der Waals surface area contributed by atoms with Crippen LogP contribution in [0.5, 0.6) is 0 Å². The average Bonchev–Trinajstić information content (AvgIpc) is 2.34. The lowest BCUT2D eigenvalue weighted by Gasteiger charge is -2.34. The van der Waals surface area contributed by atoms with E-state index in [0.29, 0.717) is 11.5 Å². The van der Waals surface area contributed by atoms with Crippen molar-refractivity contribution in [1.82, 2.24) is 5.43 Å². The summed E-state index contributed by atoms with van der Waals surface area (Å²) in [5.74, 6) is 0.457. The molecule has 0 spiro atoms. The van der Waals surface area contributed by atoms with Crippen molar-refractivity contribution in [1.29, 1.82) is 0 Å². The molecule has 0 radical (unpaired) electrons. The molecule has 1 aromatic rings. The van der Waals surface area contributed by atoms with E-state index in [0.717, 1.165) is 23.0 Å². The van der Waals surface area contributed by atoms with E-state index >= 15 is 0 Å². The fourth-order valence-corrected chi connectivity index (χ4v) is 3.50. The Bertz CT molecular complexity index is 537. The van der Waals surface area contributed by atoms with Gasteiger partial charge in [-0.15, -0.1) is 0 Å². The third-order valence-corrected chi connectivity index (χ3v) is 4.29. The summed E-state index contributed by atoms with van der Waals surface area (Å²) >= 11 is 3.38. The van der Waals surface area contributed by atoms with Crippen molar-refractivity contribution in [3.05, 3.63) is 34.3 Å². The topological polar surface area (TPSA) is 41.5 Å². The Morgan fingerprint density at radius 2 is 2.10 bits per heavy atom. The summed E-state index contributed by atoms with van der Waals surface area (Å²) in [6.07, 6.45) is 3.14. The minimum atomic E-state index is -0.166. The summed E-state index contributed by atoms with van der Waals surface area (Å²) < 4.78 is 0.787. The Morgan fingerprint density at radius 3 is 2.75 bits per heavy atom. The van der Waals surface area contributed by atoms with E-state index < -0.39 is 0 Å². The predicted octanol–water partition coefficient (Wildman–Crippen LogP) is 4.38. The quantitative estimate of drug-likeness (QED) is 0.800. The van der Waals surface area contributed by atoms with E-state index in [1.54, 1.807) is 6.07 Å². The maximum Gasteiger partial charge on any atom is 0.272 e. The molecule has 1 N–H and O–H groups in total. The van der Waals surface area contributed by atoms with E-state index in [-0.39, 0.29) is 11.3 Å². The molecule has 2 rings (SSSR count). The molecule has 3 nitrogen and oxygen atoms in total. The average molecular weight is 337 g/mol. The van der Waals surface area contributed by atoms with E-state index in [4.69, 9.17) is 0 Å². The van der Waals surface area contributed by atoms with Crippen molar-refractivity contribution in [2.24, 2.45) is 16.4 Å². The summed E-state index contributed by atoms with van der Waals surface area (Å²) in [7, 11) is 0. The van der Waals surface area contributed by atoms with Gasteiger partial charge in [0.05, 0.1) is 5.56 Å². The zero-order valence-electron chi connectivity index (χ0n) is 12.2. The van der Waals surface area contributed by atoms with Crippen LogP contribution in [0.3, 0.4) is 0 Å². The summed E-state index contributed by atoms with van der Waals surface area (Å²) in [5.41, 5.74) is 4.66. The Morgan fingerprint density at radius 1 is 1.40 bits per heavy atom. The maximum atomic E-state index is 12.1. The van der Waals surface area contributed by atoms with Crippen LogP contribution >= 0.6 is 15.9 Å². The van der Waals surface area contributed by atoms with Gasteiger partial charge in [-0.2, -0.15) is 5.10 Å². The Balaban J connectivity index is 2.06. The number of carbonyl (C=O) groups is 1. The normalized spacial score (nSPS) is 23.6. The highest BCUT2D eigenvalue weighted by Gasteiger charge is 2.29. The fourth-order valence-electron chi connectivity index (χ4n) is 3.04. The monoisotopic (exact) mass is 336 g/mol.